The van der Waals surface area contributed by atoms with Crippen LogP contribution in [-0.2, 0) is 40.6 Å². The number of aliphatic imine (C=N–C) groups is 2. The van der Waals surface area contributed by atoms with Gasteiger partial charge in [0.1, 0.15) is 51.6 Å². The Morgan fingerprint density at radius 3 is 1.73 bits per heavy atom. The van der Waals surface area contributed by atoms with E-state index in [0.717, 1.165) is 62.9 Å². The number of nitrogens with two attached hydrogens (primary N) is 1. The first kappa shape index (κ1) is 68.4. The summed E-state index contributed by atoms with van der Waals surface area (Å²) < 4.78 is 130. The van der Waals surface area contributed by atoms with Crippen molar-refractivity contribution < 1.29 is 58.5 Å². The quantitative estimate of drug-likeness (QED) is 0.0487. The summed E-state index contributed by atoms with van der Waals surface area (Å²) in [5.74, 6) is -2.94. The van der Waals surface area contributed by atoms with Crippen molar-refractivity contribution in [3.05, 3.63) is 112 Å². The maximum absolute atomic E-state index is 15.4. The van der Waals surface area contributed by atoms with E-state index >= 15 is 4.39 Å². The standard InChI is InChI=1S/C28H38ClF2N5O5SSi.C21H23F2N5O3S.C4H8O.2CH4/c1-27(2,3)41-26(37)36(18-40-11-12-43(6,7)8)25-34-28(4,17-42(38,39)35(25)5)20-13-19(9-10-21(20)30)14-22(31)23-15-33-24(29)16-32-23;1-21(12-32(29,30)28(2)20(24)27-21)15-7-14(5-6-16(15)22)8-17(23)18-9-26-19(10-25-18)31-11-13-3-4-13;5-3-4-1-2-4;;/h9-10,13-16H,11-12,17-18H2,1-8H3;5-10,13H,3-4,11-12H2,1-2H3,(H2,24,27);4-5H,1-3H2;2*1H4/b22-14-;17-8-;;;/t28-;21-;;;/m00.../s1. The van der Waals surface area contributed by atoms with Gasteiger partial charge >= 0.3 is 6.09 Å². The number of sulfonamides is 2. The van der Waals surface area contributed by atoms with Gasteiger partial charge in [-0.1, -0.05) is 58.2 Å². The lowest BCUT2D eigenvalue weighted by Gasteiger charge is -2.39. The number of rotatable bonds is 15. The van der Waals surface area contributed by atoms with Crippen LogP contribution in [0, 0.1) is 23.5 Å². The third kappa shape index (κ3) is 19.0. The molecule has 2 aromatic carbocycles. The van der Waals surface area contributed by atoms with E-state index in [9.17, 15) is 34.8 Å². The Bertz CT molecular complexity index is 3240. The lowest BCUT2D eigenvalue weighted by atomic mass is 9.92. The number of hydrogen-bond acceptors (Lipinski definition) is 16. The Morgan fingerprint density at radius 2 is 1.30 bits per heavy atom. The highest BCUT2D eigenvalue weighted by atomic mass is 35.5. The fraction of sp³-hybridized carbons (Fsp3) is 0.509. The summed E-state index contributed by atoms with van der Waals surface area (Å²) in [7, 11) is -6.84. The van der Waals surface area contributed by atoms with Crippen molar-refractivity contribution in [3.8, 4) is 5.88 Å². The van der Waals surface area contributed by atoms with Crippen molar-refractivity contribution in [2.24, 2.45) is 27.6 Å². The van der Waals surface area contributed by atoms with Crippen molar-refractivity contribution in [3.63, 3.8) is 0 Å². The van der Waals surface area contributed by atoms with Crippen LogP contribution in [0.25, 0.3) is 23.8 Å². The molecule has 82 heavy (non-hydrogen) atoms. The first-order valence-corrected chi connectivity index (χ1v) is 32.9. The Balaban J connectivity index is 0.000000326. The number of guanidine groups is 2. The molecule has 4 heterocycles. The molecule has 3 N–H and O–H groups in total. The average Bonchev–Trinajstić information content (AvgIpc) is 4.53. The molecule has 19 nitrogen and oxygen atoms in total. The van der Waals surface area contributed by atoms with E-state index in [-0.39, 0.29) is 66.7 Å². The summed E-state index contributed by atoms with van der Waals surface area (Å²) in [5, 5.41) is 8.30. The van der Waals surface area contributed by atoms with Gasteiger partial charge in [-0.15, -0.1) is 0 Å². The van der Waals surface area contributed by atoms with Crippen molar-refractivity contribution in [1.82, 2.24) is 33.4 Å². The van der Waals surface area contributed by atoms with E-state index in [2.05, 4.69) is 49.6 Å². The van der Waals surface area contributed by atoms with Gasteiger partial charge in [-0.3, -0.25) is 0 Å². The van der Waals surface area contributed by atoms with E-state index in [1.807, 2.05) is 0 Å². The number of aliphatic hydroxyl groups is 1. The van der Waals surface area contributed by atoms with E-state index in [1.165, 1.54) is 83.6 Å². The molecular formula is C55H77ClF4N10O9S2Si. The summed E-state index contributed by atoms with van der Waals surface area (Å²) in [4.78, 5) is 38.9. The van der Waals surface area contributed by atoms with Crippen molar-refractivity contribution >= 4 is 81.5 Å². The fourth-order valence-electron chi connectivity index (χ4n) is 7.67. The monoisotopic (exact) mass is 1220 g/mol. The number of aromatic nitrogens is 4. The highest BCUT2D eigenvalue weighted by molar-refractivity contribution is 7.90. The summed E-state index contributed by atoms with van der Waals surface area (Å²) >= 11 is 5.73. The molecule has 2 aliphatic carbocycles. The molecule has 4 aromatic rings. The van der Waals surface area contributed by atoms with Gasteiger partial charge in [0.15, 0.2) is 11.7 Å². The first-order chi connectivity index (χ1) is 37.2. The lowest BCUT2D eigenvalue weighted by Crippen LogP contribution is -2.56. The van der Waals surface area contributed by atoms with E-state index in [0.29, 0.717) is 43.1 Å². The minimum Gasteiger partial charge on any atom is -0.476 e. The summed E-state index contributed by atoms with van der Waals surface area (Å²) in [5.41, 5.74) is 1.98. The molecule has 2 saturated carbocycles. The minimum absolute atomic E-state index is 0. The second-order valence-electron chi connectivity index (χ2n) is 22.4. The van der Waals surface area contributed by atoms with Crippen molar-refractivity contribution in [2.45, 2.75) is 118 Å². The molecule has 27 heteroatoms. The predicted octanol–water partition coefficient (Wildman–Crippen LogP) is 10.5. The van der Waals surface area contributed by atoms with Crippen LogP contribution in [0.3, 0.4) is 0 Å². The van der Waals surface area contributed by atoms with Gasteiger partial charge in [-0.05, 0) is 126 Å². The zero-order valence-corrected chi connectivity index (χ0v) is 49.8. The molecule has 0 radical (unpaired) electrons. The van der Waals surface area contributed by atoms with Crippen LogP contribution in [0.5, 0.6) is 5.88 Å². The number of hydrogen-bond donors (Lipinski definition) is 2. The van der Waals surface area contributed by atoms with Crippen LogP contribution in [0.1, 0.15) is 109 Å². The molecule has 0 bridgehead atoms. The highest BCUT2D eigenvalue weighted by Gasteiger charge is 2.46. The zero-order valence-electron chi connectivity index (χ0n) is 46.4. The fourth-order valence-corrected chi connectivity index (χ4v) is 11.5. The molecule has 452 valence electrons. The third-order valence-corrected chi connectivity index (χ3v) is 18.5. The number of benzene rings is 2. The number of carbonyl (C=O) groups is 1. The van der Waals surface area contributed by atoms with Gasteiger partial charge in [0.2, 0.25) is 37.8 Å². The van der Waals surface area contributed by atoms with Crippen molar-refractivity contribution in [1.29, 1.82) is 0 Å². The summed E-state index contributed by atoms with van der Waals surface area (Å²) in [6.07, 6.45) is 11.1. The normalized spacial score (nSPS) is 20.5. The third-order valence-electron chi connectivity index (χ3n) is 12.7. The summed E-state index contributed by atoms with van der Waals surface area (Å²) in [6.45, 7) is 15.4. The SMILES string of the molecule is C.C.CN1C(N(COCC[Si](C)(C)C)C(=O)OC(C)(C)C)=N[C@](C)(c2cc(/C=C(\F)c3cnc(Cl)cn3)ccc2F)CS1(=O)=O.CN1C(N)=N[C@](C)(c2cc(/C=C(\F)c3cnc(OCC4CC4)cn3)ccc2F)CS1(=O)=O.OCC1CC1. The molecule has 2 fully saturated rings. The van der Waals surface area contributed by atoms with Gasteiger partial charge < -0.3 is 25.1 Å². The van der Waals surface area contributed by atoms with Crippen LogP contribution in [0.2, 0.25) is 30.8 Å². The number of nitrogens with zero attached hydrogens (tertiary/aromatic N) is 9. The molecule has 0 saturated heterocycles. The van der Waals surface area contributed by atoms with Crippen LogP contribution in [0.15, 0.2) is 71.2 Å². The number of halogens is 5. The maximum Gasteiger partial charge on any atom is 0.419 e. The number of ether oxygens (including phenoxy) is 3. The molecule has 1 amide bonds. The molecule has 0 spiro atoms. The number of carbonyl (C=O) groups excluding carboxylic acids is 1. The Hall–Kier alpha value is -6.06. The van der Waals surface area contributed by atoms with Crippen molar-refractivity contribution in [2.75, 3.05) is 52.2 Å². The summed E-state index contributed by atoms with van der Waals surface area (Å²) in [6, 6.07) is 8.40. The first-order valence-electron chi connectivity index (χ1n) is 25.6. The molecular weight excluding hydrogens is 1150 g/mol. The molecule has 2 atom stereocenters. The van der Waals surface area contributed by atoms with E-state index < -0.39 is 85.7 Å². The predicted molar refractivity (Wildman–Crippen MR) is 315 cm³/mol. The van der Waals surface area contributed by atoms with Gasteiger partial charge in [-0.25, -0.2) is 82.6 Å². The lowest BCUT2D eigenvalue weighted by molar-refractivity contribution is 0.00804. The minimum atomic E-state index is -4.12. The molecule has 8 rings (SSSR count). The average molecular weight is 1230 g/mol. The molecule has 2 aromatic heterocycles. The Morgan fingerprint density at radius 1 is 0.805 bits per heavy atom. The topological polar surface area (TPSA) is 245 Å². The number of amides is 1. The molecule has 4 aliphatic rings. The Kier molecular flexibility index (Phi) is 23.0. The largest absolute Gasteiger partial charge is 0.476 e. The zero-order chi connectivity index (χ0) is 59.2. The van der Waals surface area contributed by atoms with Gasteiger partial charge in [0.25, 0.3) is 0 Å². The second-order valence-corrected chi connectivity index (χ2v) is 32.5. The highest BCUT2D eigenvalue weighted by Crippen LogP contribution is 2.38. The van der Waals surface area contributed by atoms with Crippen LogP contribution in [0.4, 0.5) is 22.4 Å². The van der Waals surface area contributed by atoms with Crippen LogP contribution < -0.4 is 10.5 Å². The smallest absolute Gasteiger partial charge is 0.419 e. The molecule has 2 aliphatic heterocycles. The maximum atomic E-state index is 15.4. The molecule has 0 unspecified atom stereocenters. The van der Waals surface area contributed by atoms with E-state index in [1.54, 1.807) is 20.8 Å². The van der Waals surface area contributed by atoms with Crippen LogP contribution >= 0.6 is 11.6 Å². The van der Waals surface area contributed by atoms with E-state index in [4.69, 9.17) is 36.7 Å². The Labute approximate surface area is 485 Å². The number of aliphatic hydroxyl groups excluding tert-OH is 1. The van der Waals surface area contributed by atoms with Gasteiger partial charge in [0, 0.05) is 46.5 Å². The van der Waals surface area contributed by atoms with Gasteiger partial charge in [0.05, 0.1) is 42.9 Å². The van der Waals surface area contributed by atoms with Crippen LogP contribution in [-0.4, -0.2) is 139 Å². The second kappa shape index (κ2) is 27.6. The van der Waals surface area contributed by atoms with Gasteiger partial charge in [-0.2, -0.15) is 0 Å².